The normalized spacial score (nSPS) is 16.3. The van der Waals surface area contributed by atoms with Crippen molar-refractivity contribution in [3.63, 3.8) is 0 Å². The van der Waals surface area contributed by atoms with E-state index in [9.17, 15) is 9.59 Å². The molecule has 9 heteroatoms. The molecule has 2 aromatic carbocycles. The van der Waals surface area contributed by atoms with Gasteiger partial charge >= 0.3 is 5.97 Å². The van der Waals surface area contributed by atoms with Crippen molar-refractivity contribution >= 4 is 11.9 Å². The molecule has 0 saturated carbocycles. The van der Waals surface area contributed by atoms with E-state index >= 15 is 0 Å². The average Bonchev–Trinajstić information content (AvgIpc) is 3.28. The number of amides is 1. The van der Waals surface area contributed by atoms with Gasteiger partial charge in [0.25, 0.3) is 5.91 Å². The topological polar surface area (TPSA) is 120 Å². The Balaban J connectivity index is 1.47. The highest BCUT2D eigenvalue weighted by atomic mass is 16.5. The Morgan fingerprint density at radius 2 is 1.90 bits per heavy atom. The van der Waals surface area contributed by atoms with Crippen molar-refractivity contribution in [2.75, 3.05) is 26.2 Å². The number of nitrogens with zero attached hydrogens (tertiary/aromatic N) is 3. The van der Waals surface area contributed by atoms with E-state index in [0.29, 0.717) is 42.6 Å². The van der Waals surface area contributed by atoms with Crippen molar-refractivity contribution in [2.45, 2.75) is 6.04 Å². The van der Waals surface area contributed by atoms with E-state index in [0.717, 1.165) is 0 Å². The van der Waals surface area contributed by atoms with Crippen LogP contribution in [-0.4, -0.2) is 63.3 Å². The van der Waals surface area contributed by atoms with Gasteiger partial charge in [-0.25, -0.2) is 9.78 Å². The van der Waals surface area contributed by atoms with Crippen LogP contribution in [0.15, 0.2) is 54.6 Å². The number of rotatable bonds is 6. The van der Waals surface area contributed by atoms with Crippen LogP contribution in [0.5, 0.6) is 5.75 Å². The summed E-state index contributed by atoms with van der Waals surface area (Å²) in [5.74, 6) is 0.531. The van der Waals surface area contributed by atoms with Gasteiger partial charge in [0.2, 0.25) is 0 Å². The molecule has 1 aliphatic heterocycles. The number of nitrogens with one attached hydrogen (secondary N) is 2. The van der Waals surface area contributed by atoms with Crippen molar-refractivity contribution in [1.29, 1.82) is 0 Å². The number of carbonyl (C=O) groups is 2. The minimum atomic E-state index is -0.989. The molecule has 2 heterocycles. The lowest BCUT2D eigenvalue weighted by Crippen LogP contribution is -2.50. The fraction of sp³-hybridized carbons (Fsp3) is 0.238. The maximum atomic E-state index is 12.8. The minimum Gasteiger partial charge on any atom is -0.484 e. The van der Waals surface area contributed by atoms with Crippen LogP contribution >= 0.6 is 0 Å². The number of aromatic amines is 1. The first-order valence-corrected chi connectivity index (χ1v) is 9.56. The minimum absolute atomic E-state index is 0.0574. The predicted molar refractivity (Wildman–Crippen MR) is 108 cm³/mol. The van der Waals surface area contributed by atoms with Crippen LogP contribution in [0.25, 0.3) is 11.4 Å². The summed E-state index contributed by atoms with van der Waals surface area (Å²) in [5.41, 5.74) is 0.887. The number of carbonyl (C=O) groups excluding carboxylic acids is 1. The van der Waals surface area contributed by atoms with Crippen molar-refractivity contribution < 1.29 is 19.4 Å². The number of benzene rings is 2. The van der Waals surface area contributed by atoms with Gasteiger partial charge in [0.15, 0.2) is 12.4 Å². The van der Waals surface area contributed by atoms with Gasteiger partial charge in [-0.2, -0.15) is 5.10 Å². The van der Waals surface area contributed by atoms with Gasteiger partial charge < -0.3 is 20.1 Å². The first-order chi connectivity index (χ1) is 14.6. The van der Waals surface area contributed by atoms with Crippen LogP contribution in [0.3, 0.4) is 0 Å². The second-order valence-electron chi connectivity index (χ2n) is 6.84. The maximum Gasteiger partial charge on any atom is 0.335 e. The summed E-state index contributed by atoms with van der Waals surface area (Å²) < 4.78 is 5.60. The SMILES string of the molecule is O=C(O)c1ccc(-c2n[nH]c(C3CNCCN3C(=O)COc3ccccc3)n2)cc1. The smallest absolute Gasteiger partial charge is 0.335 e. The summed E-state index contributed by atoms with van der Waals surface area (Å²) in [7, 11) is 0. The largest absolute Gasteiger partial charge is 0.484 e. The highest BCUT2D eigenvalue weighted by Gasteiger charge is 2.30. The first-order valence-electron chi connectivity index (χ1n) is 9.56. The van der Waals surface area contributed by atoms with E-state index in [1.807, 2.05) is 18.2 Å². The van der Waals surface area contributed by atoms with E-state index in [1.54, 1.807) is 29.2 Å². The number of hydrogen-bond donors (Lipinski definition) is 3. The van der Waals surface area contributed by atoms with Gasteiger partial charge in [-0.3, -0.25) is 9.89 Å². The van der Waals surface area contributed by atoms with Crippen LogP contribution in [-0.2, 0) is 4.79 Å². The molecule has 9 nitrogen and oxygen atoms in total. The number of carboxylic acids is 1. The molecular weight excluding hydrogens is 386 g/mol. The molecule has 3 N–H and O–H groups in total. The van der Waals surface area contributed by atoms with E-state index in [4.69, 9.17) is 9.84 Å². The number of aromatic carboxylic acids is 1. The number of piperazine rings is 1. The molecule has 1 amide bonds. The van der Waals surface area contributed by atoms with E-state index < -0.39 is 5.97 Å². The number of ether oxygens (including phenoxy) is 1. The summed E-state index contributed by atoms with van der Waals surface area (Å²) in [5, 5.41) is 19.5. The number of para-hydroxylation sites is 1. The Bertz CT molecular complexity index is 1020. The van der Waals surface area contributed by atoms with Gasteiger partial charge in [0.05, 0.1) is 5.56 Å². The van der Waals surface area contributed by atoms with Gasteiger partial charge in [-0.05, 0) is 24.3 Å². The highest BCUT2D eigenvalue weighted by molar-refractivity contribution is 5.88. The van der Waals surface area contributed by atoms with Crippen LogP contribution in [0.1, 0.15) is 22.2 Å². The predicted octanol–water partition coefficient (Wildman–Crippen LogP) is 1.72. The van der Waals surface area contributed by atoms with E-state index in [1.165, 1.54) is 12.1 Å². The molecule has 154 valence electrons. The van der Waals surface area contributed by atoms with Gasteiger partial charge in [-0.1, -0.05) is 30.3 Å². The third-order valence-electron chi connectivity index (χ3n) is 4.88. The average molecular weight is 407 g/mol. The Labute approximate surface area is 172 Å². The molecule has 0 bridgehead atoms. The summed E-state index contributed by atoms with van der Waals surface area (Å²) in [6.45, 7) is 1.71. The molecule has 1 aromatic heterocycles. The van der Waals surface area contributed by atoms with Crippen LogP contribution < -0.4 is 10.1 Å². The second-order valence-corrected chi connectivity index (χ2v) is 6.84. The molecule has 30 heavy (non-hydrogen) atoms. The fourth-order valence-corrected chi connectivity index (χ4v) is 3.31. The van der Waals surface area contributed by atoms with Gasteiger partial charge in [0, 0.05) is 25.2 Å². The zero-order valence-corrected chi connectivity index (χ0v) is 16.1. The van der Waals surface area contributed by atoms with E-state index in [2.05, 4.69) is 20.5 Å². The Kier molecular flexibility index (Phi) is 5.71. The van der Waals surface area contributed by atoms with Crippen LogP contribution in [0.2, 0.25) is 0 Å². The standard InChI is InChI=1S/C21H21N5O4/c27-18(13-30-16-4-2-1-3-5-16)26-11-10-22-12-17(26)20-23-19(24-25-20)14-6-8-15(9-7-14)21(28)29/h1-9,17,22H,10-13H2,(H,28,29)(H,23,24,25). The molecule has 0 aliphatic carbocycles. The summed E-state index contributed by atoms with van der Waals surface area (Å²) in [6.07, 6.45) is 0. The molecule has 1 atom stereocenters. The first kappa shape index (κ1) is 19.6. The molecule has 1 aliphatic rings. The third-order valence-corrected chi connectivity index (χ3v) is 4.88. The lowest BCUT2D eigenvalue weighted by Gasteiger charge is -2.34. The molecule has 0 radical (unpaired) electrons. The number of hydrogen-bond acceptors (Lipinski definition) is 6. The number of aromatic nitrogens is 3. The molecular formula is C21H21N5O4. The zero-order valence-electron chi connectivity index (χ0n) is 16.1. The second kappa shape index (κ2) is 8.75. The molecule has 1 unspecified atom stereocenters. The van der Waals surface area contributed by atoms with Crippen molar-refractivity contribution in [1.82, 2.24) is 25.4 Å². The third kappa shape index (κ3) is 4.31. The summed E-state index contributed by atoms with van der Waals surface area (Å²) >= 11 is 0. The number of H-pyrrole nitrogens is 1. The highest BCUT2D eigenvalue weighted by Crippen LogP contribution is 2.23. The quantitative estimate of drug-likeness (QED) is 0.569. The Morgan fingerprint density at radius 3 is 2.63 bits per heavy atom. The van der Waals surface area contributed by atoms with Crippen molar-refractivity contribution in [3.8, 4) is 17.1 Å². The Morgan fingerprint density at radius 1 is 1.13 bits per heavy atom. The lowest BCUT2D eigenvalue weighted by atomic mass is 10.1. The summed E-state index contributed by atoms with van der Waals surface area (Å²) in [6, 6.07) is 15.2. The van der Waals surface area contributed by atoms with E-state index in [-0.39, 0.29) is 24.1 Å². The van der Waals surface area contributed by atoms with Crippen LogP contribution in [0, 0.1) is 0 Å². The monoisotopic (exact) mass is 407 g/mol. The fourth-order valence-electron chi connectivity index (χ4n) is 3.31. The zero-order chi connectivity index (χ0) is 20.9. The lowest BCUT2D eigenvalue weighted by molar-refractivity contribution is -0.137. The van der Waals surface area contributed by atoms with Crippen molar-refractivity contribution in [2.24, 2.45) is 0 Å². The van der Waals surface area contributed by atoms with Crippen molar-refractivity contribution in [3.05, 3.63) is 66.0 Å². The Hall–Kier alpha value is -3.72. The van der Waals surface area contributed by atoms with Crippen LogP contribution in [0.4, 0.5) is 0 Å². The molecule has 1 saturated heterocycles. The molecule has 3 aromatic rings. The van der Waals surface area contributed by atoms with Gasteiger partial charge in [-0.15, -0.1) is 0 Å². The molecule has 4 rings (SSSR count). The number of carboxylic acid groups (broad SMARTS) is 1. The molecule has 0 spiro atoms. The molecule has 1 fully saturated rings. The van der Waals surface area contributed by atoms with Gasteiger partial charge in [0.1, 0.15) is 17.6 Å². The maximum absolute atomic E-state index is 12.8. The summed E-state index contributed by atoms with van der Waals surface area (Å²) in [4.78, 5) is 30.1.